The minimum Gasteiger partial charge on any atom is -0.405 e. The van der Waals surface area contributed by atoms with E-state index in [-0.39, 0.29) is 36.2 Å². The molecule has 2 N–H and O–H groups in total. The molecule has 0 radical (unpaired) electrons. The largest absolute Gasteiger partial charge is 0.573 e. The number of rotatable bonds is 6. The maximum atomic E-state index is 12.4. The molecule has 26 heavy (non-hydrogen) atoms. The maximum absolute atomic E-state index is 12.4. The van der Waals surface area contributed by atoms with Crippen molar-refractivity contribution in [1.82, 2.24) is 15.5 Å². The number of carbonyl (C=O) groups is 2. The van der Waals surface area contributed by atoms with Crippen LogP contribution in [-0.4, -0.2) is 48.2 Å². The summed E-state index contributed by atoms with van der Waals surface area (Å²) in [4.78, 5) is 26.2. The van der Waals surface area contributed by atoms with Gasteiger partial charge in [0.05, 0.1) is 12.5 Å². The molecule has 9 heteroatoms. The third kappa shape index (κ3) is 5.62. The summed E-state index contributed by atoms with van der Waals surface area (Å²) in [6.07, 6.45) is -4.87. The van der Waals surface area contributed by atoms with Crippen molar-refractivity contribution in [2.24, 2.45) is 0 Å². The monoisotopic (exact) mass is 373 g/mol. The highest BCUT2D eigenvalue weighted by atomic mass is 19.4. The normalized spacial score (nSPS) is 18.5. The molecule has 1 aliphatic rings. The minimum atomic E-state index is -4.81. The molecule has 2 amide bonds. The second kappa shape index (κ2) is 8.39. The number of nitrogens with zero attached hydrogens (tertiary/aromatic N) is 1. The lowest BCUT2D eigenvalue weighted by Crippen LogP contribution is -2.58. The topological polar surface area (TPSA) is 70.7 Å². The fourth-order valence-electron chi connectivity index (χ4n) is 2.88. The third-order valence-corrected chi connectivity index (χ3v) is 4.09. The molecule has 1 aromatic rings. The number of para-hydroxylation sites is 1. The molecule has 0 saturated carbocycles. The van der Waals surface area contributed by atoms with E-state index >= 15 is 0 Å². The molecule has 1 saturated heterocycles. The zero-order chi connectivity index (χ0) is 19.3. The maximum Gasteiger partial charge on any atom is 0.573 e. The van der Waals surface area contributed by atoms with Gasteiger partial charge in [0.2, 0.25) is 11.8 Å². The van der Waals surface area contributed by atoms with Gasteiger partial charge in [-0.2, -0.15) is 0 Å². The highest BCUT2D eigenvalue weighted by Gasteiger charge is 2.33. The Hall–Kier alpha value is -2.29. The van der Waals surface area contributed by atoms with Crippen molar-refractivity contribution >= 4 is 11.8 Å². The van der Waals surface area contributed by atoms with Crippen LogP contribution in [0.15, 0.2) is 24.3 Å². The second-order valence-electron chi connectivity index (χ2n) is 6.27. The predicted molar refractivity (Wildman–Crippen MR) is 88.2 cm³/mol. The van der Waals surface area contributed by atoms with Crippen LogP contribution in [0.4, 0.5) is 13.2 Å². The van der Waals surface area contributed by atoms with Gasteiger partial charge in [0, 0.05) is 31.2 Å². The molecule has 1 atom stereocenters. The molecule has 2 rings (SSSR count). The van der Waals surface area contributed by atoms with Crippen LogP contribution in [0, 0.1) is 0 Å². The minimum absolute atomic E-state index is 0.0632. The van der Waals surface area contributed by atoms with Crippen molar-refractivity contribution in [3.05, 3.63) is 29.8 Å². The number of alkyl halides is 3. The van der Waals surface area contributed by atoms with Gasteiger partial charge in [-0.1, -0.05) is 18.2 Å². The Bertz CT molecular complexity index is 650. The van der Waals surface area contributed by atoms with E-state index < -0.39 is 18.3 Å². The van der Waals surface area contributed by atoms with Gasteiger partial charge >= 0.3 is 6.36 Å². The number of piperazine rings is 1. The molecule has 1 aliphatic heterocycles. The number of hydrogen-bond donors (Lipinski definition) is 2. The third-order valence-electron chi connectivity index (χ3n) is 4.09. The van der Waals surface area contributed by atoms with Gasteiger partial charge in [-0.15, -0.1) is 13.2 Å². The number of benzene rings is 1. The quantitative estimate of drug-likeness (QED) is 0.798. The van der Waals surface area contributed by atoms with E-state index in [0.717, 1.165) is 0 Å². The average Bonchev–Trinajstić information content (AvgIpc) is 2.54. The molecule has 1 unspecified atom stereocenters. The van der Waals surface area contributed by atoms with Crippen molar-refractivity contribution in [2.45, 2.75) is 45.3 Å². The van der Waals surface area contributed by atoms with E-state index in [1.54, 1.807) is 6.07 Å². The van der Waals surface area contributed by atoms with Crippen molar-refractivity contribution in [3.8, 4) is 5.75 Å². The van der Waals surface area contributed by atoms with Crippen LogP contribution in [0.5, 0.6) is 5.75 Å². The van der Waals surface area contributed by atoms with Crippen LogP contribution in [0.2, 0.25) is 0 Å². The van der Waals surface area contributed by atoms with E-state index in [1.807, 2.05) is 18.7 Å². The molecule has 1 aromatic carbocycles. The van der Waals surface area contributed by atoms with Gasteiger partial charge in [0.15, 0.2) is 0 Å². The van der Waals surface area contributed by atoms with Crippen LogP contribution in [0.25, 0.3) is 0 Å². The van der Waals surface area contributed by atoms with E-state index in [4.69, 9.17) is 0 Å². The first kappa shape index (κ1) is 20.0. The summed E-state index contributed by atoms with van der Waals surface area (Å²) >= 11 is 0. The molecule has 0 aromatic heterocycles. The first-order valence-corrected chi connectivity index (χ1v) is 8.31. The number of nitrogens with one attached hydrogen (secondary N) is 2. The zero-order valence-electron chi connectivity index (χ0n) is 14.6. The van der Waals surface area contributed by atoms with E-state index in [9.17, 15) is 22.8 Å². The molecule has 0 bridgehead atoms. The van der Waals surface area contributed by atoms with E-state index in [1.165, 1.54) is 18.2 Å². The summed E-state index contributed by atoms with van der Waals surface area (Å²) in [7, 11) is 0. The Morgan fingerprint density at radius 1 is 1.38 bits per heavy atom. The fourth-order valence-corrected chi connectivity index (χ4v) is 2.88. The number of hydrogen-bond acceptors (Lipinski definition) is 4. The molecule has 1 heterocycles. The average molecular weight is 373 g/mol. The lowest BCUT2D eigenvalue weighted by molar-refractivity contribution is -0.274. The van der Waals surface area contributed by atoms with Crippen molar-refractivity contribution in [1.29, 1.82) is 0 Å². The summed E-state index contributed by atoms with van der Waals surface area (Å²) in [5.41, 5.74) is 0.201. The van der Waals surface area contributed by atoms with Crippen LogP contribution >= 0.6 is 0 Å². The number of carbonyl (C=O) groups excluding carboxylic acids is 2. The van der Waals surface area contributed by atoms with E-state index in [0.29, 0.717) is 13.1 Å². The molecule has 6 nitrogen and oxygen atoms in total. The number of halogens is 3. The van der Waals surface area contributed by atoms with Crippen molar-refractivity contribution < 1.29 is 27.5 Å². The zero-order valence-corrected chi connectivity index (χ0v) is 14.6. The lowest BCUT2D eigenvalue weighted by Gasteiger charge is -2.37. The SMILES string of the molecule is CC(C)N1CCNC(=O)C1CC(=O)NCc1ccccc1OC(F)(F)F. The summed E-state index contributed by atoms with van der Waals surface area (Å²) in [5.74, 6) is -1.00. The van der Waals surface area contributed by atoms with Crippen LogP contribution in [0.1, 0.15) is 25.8 Å². The Morgan fingerprint density at radius 2 is 2.08 bits per heavy atom. The molecule has 0 aliphatic carbocycles. The number of amides is 2. The van der Waals surface area contributed by atoms with Gasteiger partial charge in [-0.25, -0.2) is 0 Å². The van der Waals surface area contributed by atoms with Crippen molar-refractivity contribution in [2.75, 3.05) is 13.1 Å². The number of ether oxygens (including phenoxy) is 1. The van der Waals surface area contributed by atoms with Crippen LogP contribution in [-0.2, 0) is 16.1 Å². The molecule has 144 valence electrons. The highest BCUT2D eigenvalue weighted by molar-refractivity contribution is 5.88. The first-order chi connectivity index (χ1) is 12.2. The first-order valence-electron chi connectivity index (χ1n) is 8.31. The summed E-state index contributed by atoms with van der Waals surface area (Å²) in [6, 6.07) is 5.10. The summed E-state index contributed by atoms with van der Waals surface area (Å²) in [6.45, 7) is 4.92. The Morgan fingerprint density at radius 3 is 2.73 bits per heavy atom. The molecular formula is C17H22F3N3O3. The smallest absolute Gasteiger partial charge is 0.405 e. The Labute approximate surface area is 149 Å². The van der Waals surface area contributed by atoms with Gasteiger partial charge < -0.3 is 15.4 Å². The molecule has 0 spiro atoms. The summed E-state index contributed by atoms with van der Waals surface area (Å²) in [5, 5.41) is 5.28. The fraction of sp³-hybridized carbons (Fsp3) is 0.529. The predicted octanol–water partition coefficient (Wildman–Crippen LogP) is 1.80. The Balaban J connectivity index is 1.97. The second-order valence-corrected chi connectivity index (χ2v) is 6.27. The van der Waals surface area contributed by atoms with E-state index in [2.05, 4.69) is 15.4 Å². The van der Waals surface area contributed by atoms with Crippen LogP contribution in [0.3, 0.4) is 0 Å². The van der Waals surface area contributed by atoms with Gasteiger partial charge in [-0.05, 0) is 19.9 Å². The summed E-state index contributed by atoms with van der Waals surface area (Å²) < 4.78 is 41.3. The van der Waals surface area contributed by atoms with Gasteiger partial charge in [0.25, 0.3) is 0 Å². The molecular weight excluding hydrogens is 351 g/mol. The standard InChI is InChI=1S/C17H22F3N3O3/c1-11(2)23-8-7-21-16(25)13(23)9-15(24)22-10-12-5-3-4-6-14(12)26-17(18,19)20/h3-6,11,13H,7-10H2,1-2H3,(H,21,25)(H,22,24). The Kier molecular flexibility index (Phi) is 6.47. The molecule has 1 fully saturated rings. The van der Waals surface area contributed by atoms with Crippen molar-refractivity contribution in [3.63, 3.8) is 0 Å². The van der Waals surface area contributed by atoms with Crippen LogP contribution < -0.4 is 15.4 Å². The highest BCUT2D eigenvalue weighted by Crippen LogP contribution is 2.26. The van der Waals surface area contributed by atoms with Gasteiger partial charge in [-0.3, -0.25) is 14.5 Å². The van der Waals surface area contributed by atoms with Gasteiger partial charge in [0.1, 0.15) is 5.75 Å². The lowest BCUT2D eigenvalue weighted by atomic mass is 10.1.